The van der Waals surface area contributed by atoms with Gasteiger partial charge in [-0.2, -0.15) is 0 Å². The van der Waals surface area contributed by atoms with Gasteiger partial charge in [0.1, 0.15) is 5.78 Å². The van der Waals surface area contributed by atoms with Crippen molar-refractivity contribution in [3.63, 3.8) is 0 Å². The third-order valence-electron chi connectivity index (χ3n) is 6.36. The van der Waals surface area contributed by atoms with Crippen molar-refractivity contribution in [3.05, 3.63) is 23.8 Å². The summed E-state index contributed by atoms with van der Waals surface area (Å²) in [6, 6.07) is 0. The van der Waals surface area contributed by atoms with Gasteiger partial charge in [0.05, 0.1) is 4.08 Å². The van der Waals surface area contributed by atoms with E-state index in [0.29, 0.717) is 21.7 Å². The van der Waals surface area contributed by atoms with E-state index in [4.69, 9.17) is 0 Å². The Kier molecular flexibility index (Phi) is 3.39. The maximum Gasteiger partial charge on any atom is 0.146 e. The highest BCUT2D eigenvalue weighted by atomic mass is 32.2. The molecular formula is C18H24OS2. The first kappa shape index (κ1) is 14.4. The van der Waals surface area contributed by atoms with E-state index in [1.807, 2.05) is 0 Å². The zero-order valence-corrected chi connectivity index (χ0v) is 14.6. The lowest BCUT2D eigenvalue weighted by molar-refractivity contribution is -0.133. The van der Waals surface area contributed by atoms with E-state index >= 15 is 0 Å². The highest BCUT2D eigenvalue weighted by Crippen LogP contribution is 2.66. The van der Waals surface area contributed by atoms with E-state index in [9.17, 15) is 4.79 Å². The van der Waals surface area contributed by atoms with Crippen LogP contribution in [0.5, 0.6) is 0 Å². The van der Waals surface area contributed by atoms with Crippen molar-refractivity contribution < 1.29 is 4.79 Å². The lowest BCUT2D eigenvalue weighted by atomic mass is 9.66. The average molecular weight is 321 g/mol. The van der Waals surface area contributed by atoms with Crippen molar-refractivity contribution in [1.82, 2.24) is 0 Å². The first-order chi connectivity index (χ1) is 10.1. The van der Waals surface area contributed by atoms with E-state index < -0.39 is 0 Å². The van der Waals surface area contributed by atoms with E-state index in [1.165, 1.54) is 23.5 Å². The van der Waals surface area contributed by atoms with Gasteiger partial charge in [0.2, 0.25) is 0 Å². The molecule has 0 amide bonds. The zero-order valence-electron chi connectivity index (χ0n) is 12.9. The third-order valence-corrected chi connectivity index (χ3v) is 10.1. The van der Waals surface area contributed by atoms with Gasteiger partial charge in [0, 0.05) is 22.8 Å². The first-order valence-corrected chi connectivity index (χ1v) is 10.2. The minimum absolute atomic E-state index is 0.0981. The number of Topliss-reactive ketones (excluding diaryl/α,β-unsaturated/α-hetero) is 1. The molecule has 1 saturated heterocycles. The lowest BCUT2D eigenvalue weighted by Gasteiger charge is -2.41. The van der Waals surface area contributed by atoms with E-state index in [0.717, 1.165) is 19.3 Å². The maximum absolute atomic E-state index is 13.4. The largest absolute Gasteiger partial charge is 0.298 e. The summed E-state index contributed by atoms with van der Waals surface area (Å²) >= 11 is 4.29. The molecule has 4 atom stereocenters. The van der Waals surface area contributed by atoms with Gasteiger partial charge < -0.3 is 0 Å². The van der Waals surface area contributed by atoms with Crippen LogP contribution in [-0.4, -0.2) is 21.4 Å². The molecule has 4 aliphatic rings. The summed E-state index contributed by atoms with van der Waals surface area (Å²) in [5, 5.41) is 0. The van der Waals surface area contributed by atoms with E-state index in [1.54, 1.807) is 0 Å². The lowest BCUT2D eigenvalue weighted by Crippen LogP contribution is -2.43. The highest BCUT2D eigenvalue weighted by molar-refractivity contribution is 8.21. The van der Waals surface area contributed by atoms with Crippen LogP contribution in [0.25, 0.3) is 0 Å². The number of ketones is 1. The SMILES string of the molecule is C/C1=C/C[C@@H]2C3(CC[C@]2(C)C(=O)[C@@H]2C=CC[C@H]12)SCCS3. The number of allylic oxidation sites excluding steroid dienone is 4. The molecule has 1 heterocycles. The topological polar surface area (TPSA) is 17.1 Å². The molecule has 3 aliphatic carbocycles. The van der Waals surface area contributed by atoms with Gasteiger partial charge in [0.25, 0.3) is 0 Å². The van der Waals surface area contributed by atoms with Crippen LogP contribution in [0.4, 0.5) is 0 Å². The Morgan fingerprint density at radius 2 is 1.95 bits per heavy atom. The molecule has 3 heteroatoms. The van der Waals surface area contributed by atoms with Crippen molar-refractivity contribution in [2.24, 2.45) is 23.2 Å². The molecule has 1 spiro atoms. The molecule has 114 valence electrons. The number of thioether (sulfide) groups is 2. The Bertz CT molecular complexity index is 529. The molecule has 1 saturated carbocycles. The van der Waals surface area contributed by atoms with Gasteiger partial charge >= 0.3 is 0 Å². The van der Waals surface area contributed by atoms with Crippen LogP contribution in [-0.2, 0) is 4.79 Å². The fourth-order valence-corrected chi connectivity index (χ4v) is 8.84. The van der Waals surface area contributed by atoms with Crippen LogP contribution in [0.1, 0.15) is 39.5 Å². The molecule has 0 bridgehead atoms. The quantitative estimate of drug-likeness (QED) is 0.603. The van der Waals surface area contributed by atoms with Gasteiger partial charge in [-0.15, -0.1) is 23.5 Å². The Balaban J connectivity index is 1.78. The van der Waals surface area contributed by atoms with Crippen molar-refractivity contribution >= 4 is 29.3 Å². The Morgan fingerprint density at radius 1 is 1.19 bits per heavy atom. The Labute approximate surface area is 136 Å². The second-order valence-electron chi connectivity index (χ2n) is 7.32. The van der Waals surface area contributed by atoms with Gasteiger partial charge in [-0.1, -0.05) is 30.7 Å². The van der Waals surface area contributed by atoms with Crippen molar-refractivity contribution in [1.29, 1.82) is 0 Å². The van der Waals surface area contributed by atoms with Crippen molar-refractivity contribution in [2.45, 2.75) is 43.6 Å². The molecule has 0 radical (unpaired) electrons. The summed E-state index contributed by atoms with van der Waals surface area (Å²) in [5.41, 5.74) is 1.36. The molecule has 4 rings (SSSR count). The predicted octanol–water partition coefficient (Wildman–Crippen LogP) is 4.69. The summed E-state index contributed by atoms with van der Waals surface area (Å²) in [4.78, 5) is 13.4. The molecule has 1 nitrogen and oxygen atoms in total. The molecule has 0 aromatic rings. The Hall–Kier alpha value is -0.150. The van der Waals surface area contributed by atoms with Crippen molar-refractivity contribution in [2.75, 3.05) is 11.5 Å². The van der Waals surface area contributed by atoms with Crippen LogP contribution in [0.15, 0.2) is 23.8 Å². The normalized spacial score (nSPS) is 46.9. The minimum Gasteiger partial charge on any atom is -0.298 e. The van der Waals surface area contributed by atoms with E-state index in [2.05, 4.69) is 55.6 Å². The van der Waals surface area contributed by atoms with Crippen LogP contribution >= 0.6 is 23.5 Å². The second kappa shape index (κ2) is 4.92. The summed E-state index contributed by atoms with van der Waals surface area (Å²) < 4.78 is 0.330. The molecule has 1 aliphatic heterocycles. The fraction of sp³-hybridized carbons (Fsp3) is 0.722. The zero-order chi connectivity index (χ0) is 14.7. The molecule has 0 unspecified atom stereocenters. The number of hydrogen-bond acceptors (Lipinski definition) is 3. The molecule has 0 aromatic carbocycles. The van der Waals surface area contributed by atoms with Crippen LogP contribution in [0, 0.1) is 23.2 Å². The monoisotopic (exact) mass is 320 g/mol. The number of rotatable bonds is 0. The number of hydrogen-bond donors (Lipinski definition) is 0. The maximum atomic E-state index is 13.4. The average Bonchev–Trinajstić information content (AvgIpc) is 3.18. The van der Waals surface area contributed by atoms with Crippen LogP contribution in [0.3, 0.4) is 0 Å². The number of carbonyl (C=O) groups excluding carboxylic acids is 1. The predicted molar refractivity (Wildman–Crippen MR) is 92.6 cm³/mol. The Morgan fingerprint density at radius 3 is 2.71 bits per heavy atom. The summed E-state index contributed by atoms with van der Waals surface area (Å²) in [7, 11) is 0. The summed E-state index contributed by atoms with van der Waals surface area (Å²) in [5.74, 6) is 4.21. The van der Waals surface area contributed by atoms with Gasteiger partial charge in [-0.05, 0) is 44.4 Å². The molecule has 2 fully saturated rings. The number of fused-ring (bicyclic) bond motifs is 3. The fourth-order valence-electron chi connectivity index (χ4n) is 5.05. The van der Waals surface area contributed by atoms with Crippen LogP contribution in [0.2, 0.25) is 0 Å². The van der Waals surface area contributed by atoms with Crippen LogP contribution < -0.4 is 0 Å². The molecule has 0 N–H and O–H groups in total. The molecule has 0 aromatic heterocycles. The molecule has 21 heavy (non-hydrogen) atoms. The first-order valence-electron chi connectivity index (χ1n) is 8.22. The summed E-state index contributed by atoms with van der Waals surface area (Å²) in [6.45, 7) is 4.53. The third kappa shape index (κ3) is 1.96. The van der Waals surface area contributed by atoms with Gasteiger partial charge in [0.15, 0.2) is 0 Å². The van der Waals surface area contributed by atoms with Gasteiger partial charge in [-0.3, -0.25) is 4.79 Å². The molecular weight excluding hydrogens is 296 g/mol. The van der Waals surface area contributed by atoms with Crippen molar-refractivity contribution in [3.8, 4) is 0 Å². The second-order valence-corrected chi connectivity index (χ2v) is 10.4. The summed E-state index contributed by atoms with van der Waals surface area (Å²) in [6.07, 6.45) is 11.4. The van der Waals surface area contributed by atoms with E-state index in [-0.39, 0.29) is 11.3 Å². The number of carbonyl (C=O) groups is 1. The van der Waals surface area contributed by atoms with Gasteiger partial charge in [-0.25, -0.2) is 0 Å². The smallest absolute Gasteiger partial charge is 0.146 e. The minimum atomic E-state index is -0.0981. The standard InChI is InChI=1S/C18H24OS2/c1-12-6-7-15-17(2,8-9-18(15)20-10-11-21-18)16(19)14-5-3-4-13(12)14/h3,5-6,13-15H,4,7-11H2,1-2H3/b12-6-/t13-,14-,15+,17+/m1/s1. The highest BCUT2D eigenvalue weighted by Gasteiger charge is 2.60.